The van der Waals surface area contributed by atoms with E-state index < -0.39 is 12.6 Å². The van der Waals surface area contributed by atoms with Gasteiger partial charge in [0.05, 0.1) is 0 Å². The number of hydrogen-bond acceptors (Lipinski definition) is 4. The van der Waals surface area contributed by atoms with Crippen molar-refractivity contribution in [3.8, 4) is 17.4 Å². The highest BCUT2D eigenvalue weighted by molar-refractivity contribution is 5.68. The molecule has 0 saturated carbocycles. The SMILES string of the molecule is O=C(O)COc1ccccc1Oc1ccccn1. The first-order valence-electron chi connectivity index (χ1n) is 5.28. The van der Waals surface area contributed by atoms with Crippen LogP contribution in [0.2, 0.25) is 0 Å². The Labute approximate surface area is 104 Å². The Balaban J connectivity index is 2.14. The minimum Gasteiger partial charge on any atom is -0.479 e. The van der Waals surface area contributed by atoms with Gasteiger partial charge in [0.25, 0.3) is 0 Å². The number of pyridine rings is 1. The lowest BCUT2D eigenvalue weighted by atomic mass is 10.3. The van der Waals surface area contributed by atoms with Crippen LogP contribution in [0, 0.1) is 0 Å². The molecule has 1 heterocycles. The molecule has 0 bridgehead atoms. The van der Waals surface area contributed by atoms with Crippen LogP contribution >= 0.6 is 0 Å². The minimum atomic E-state index is -1.04. The van der Waals surface area contributed by atoms with Gasteiger partial charge in [-0.15, -0.1) is 0 Å². The summed E-state index contributed by atoms with van der Waals surface area (Å²) in [5, 5.41) is 8.58. The summed E-state index contributed by atoms with van der Waals surface area (Å²) < 4.78 is 10.6. The van der Waals surface area contributed by atoms with Gasteiger partial charge in [-0.1, -0.05) is 18.2 Å². The summed E-state index contributed by atoms with van der Waals surface area (Å²) in [6.07, 6.45) is 1.61. The lowest BCUT2D eigenvalue weighted by Gasteiger charge is -2.10. The number of carboxylic acids is 1. The Kier molecular flexibility index (Phi) is 3.76. The molecule has 0 aliphatic carbocycles. The molecule has 0 amide bonds. The van der Waals surface area contributed by atoms with E-state index in [1.165, 1.54) is 0 Å². The number of nitrogens with zero attached hydrogens (tertiary/aromatic N) is 1. The van der Waals surface area contributed by atoms with Crippen LogP contribution in [0.25, 0.3) is 0 Å². The van der Waals surface area contributed by atoms with Gasteiger partial charge in [-0.05, 0) is 18.2 Å². The van der Waals surface area contributed by atoms with Crippen molar-refractivity contribution in [3.63, 3.8) is 0 Å². The lowest BCUT2D eigenvalue weighted by Crippen LogP contribution is -2.09. The summed E-state index contributed by atoms with van der Waals surface area (Å²) in [6.45, 7) is -0.414. The van der Waals surface area contributed by atoms with Gasteiger partial charge in [0.1, 0.15) is 0 Å². The van der Waals surface area contributed by atoms with Gasteiger partial charge in [-0.2, -0.15) is 0 Å². The minimum absolute atomic E-state index is 0.366. The monoisotopic (exact) mass is 245 g/mol. The molecule has 0 radical (unpaired) electrons. The Bertz CT molecular complexity index is 528. The van der Waals surface area contributed by atoms with E-state index >= 15 is 0 Å². The van der Waals surface area contributed by atoms with Crippen LogP contribution < -0.4 is 9.47 Å². The highest BCUT2D eigenvalue weighted by Crippen LogP contribution is 2.29. The Hall–Kier alpha value is -2.56. The van der Waals surface area contributed by atoms with Gasteiger partial charge < -0.3 is 14.6 Å². The van der Waals surface area contributed by atoms with Crippen LogP contribution in [0.1, 0.15) is 0 Å². The number of aromatic nitrogens is 1. The molecule has 0 aliphatic rings. The maximum absolute atomic E-state index is 10.5. The van der Waals surface area contributed by atoms with Crippen LogP contribution in [0.4, 0.5) is 0 Å². The molecular formula is C13H11NO4. The highest BCUT2D eigenvalue weighted by Gasteiger charge is 2.07. The molecule has 0 spiro atoms. The number of benzene rings is 1. The zero-order valence-corrected chi connectivity index (χ0v) is 9.45. The van der Waals surface area contributed by atoms with Gasteiger partial charge in [0.15, 0.2) is 18.1 Å². The summed E-state index contributed by atoms with van der Waals surface area (Å²) in [4.78, 5) is 14.5. The average Bonchev–Trinajstić information content (AvgIpc) is 2.39. The molecule has 0 unspecified atom stereocenters. The van der Waals surface area contributed by atoms with E-state index in [2.05, 4.69) is 4.98 Å². The van der Waals surface area contributed by atoms with Crippen LogP contribution in [-0.4, -0.2) is 22.7 Å². The molecule has 1 aromatic heterocycles. The fourth-order valence-electron chi connectivity index (χ4n) is 1.31. The van der Waals surface area contributed by atoms with E-state index in [0.717, 1.165) is 0 Å². The molecule has 1 N–H and O–H groups in total. The normalized spacial score (nSPS) is 9.78. The fourth-order valence-corrected chi connectivity index (χ4v) is 1.31. The molecule has 2 rings (SSSR count). The van der Waals surface area contributed by atoms with E-state index in [4.69, 9.17) is 14.6 Å². The zero-order valence-electron chi connectivity index (χ0n) is 9.45. The maximum atomic E-state index is 10.5. The summed E-state index contributed by atoms with van der Waals surface area (Å²) in [5.41, 5.74) is 0. The molecule has 0 fully saturated rings. The van der Waals surface area contributed by atoms with Gasteiger partial charge in [0, 0.05) is 12.3 Å². The van der Waals surface area contributed by atoms with E-state index in [0.29, 0.717) is 17.4 Å². The summed E-state index contributed by atoms with van der Waals surface area (Å²) in [6, 6.07) is 12.1. The van der Waals surface area contributed by atoms with Crippen LogP contribution in [-0.2, 0) is 4.79 Å². The molecule has 5 heteroatoms. The smallest absolute Gasteiger partial charge is 0.341 e. The first kappa shape index (κ1) is 11.9. The second kappa shape index (κ2) is 5.67. The first-order chi connectivity index (χ1) is 8.75. The van der Waals surface area contributed by atoms with E-state index in [1.807, 2.05) is 0 Å². The van der Waals surface area contributed by atoms with E-state index in [1.54, 1.807) is 48.7 Å². The average molecular weight is 245 g/mol. The number of carbonyl (C=O) groups is 1. The summed E-state index contributed by atoms with van der Waals surface area (Å²) in [5.74, 6) is 0.175. The van der Waals surface area contributed by atoms with Gasteiger partial charge in [-0.3, -0.25) is 0 Å². The summed E-state index contributed by atoms with van der Waals surface area (Å²) in [7, 11) is 0. The third kappa shape index (κ3) is 3.21. The number of aliphatic carboxylic acids is 1. The van der Waals surface area contributed by atoms with Crippen molar-refractivity contribution in [2.24, 2.45) is 0 Å². The molecule has 0 saturated heterocycles. The predicted molar refractivity (Wildman–Crippen MR) is 63.9 cm³/mol. The van der Waals surface area contributed by atoms with E-state index in [9.17, 15) is 4.79 Å². The molecule has 18 heavy (non-hydrogen) atoms. The largest absolute Gasteiger partial charge is 0.479 e. The van der Waals surface area contributed by atoms with Crippen molar-refractivity contribution in [1.82, 2.24) is 4.98 Å². The van der Waals surface area contributed by atoms with Crippen molar-refractivity contribution in [2.45, 2.75) is 0 Å². The second-order valence-corrected chi connectivity index (χ2v) is 3.40. The first-order valence-corrected chi connectivity index (χ1v) is 5.28. The standard InChI is InChI=1S/C13H11NO4/c15-13(16)9-17-10-5-1-2-6-11(10)18-12-7-3-4-8-14-12/h1-8H,9H2,(H,15,16). The van der Waals surface area contributed by atoms with Crippen molar-refractivity contribution >= 4 is 5.97 Å². The molecule has 0 atom stereocenters. The predicted octanol–water partition coefficient (Wildman–Crippen LogP) is 2.34. The highest BCUT2D eigenvalue weighted by atomic mass is 16.5. The van der Waals surface area contributed by atoms with Crippen molar-refractivity contribution in [3.05, 3.63) is 48.7 Å². The van der Waals surface area contributed by atoms with Crippen LogP contribution in [0.3, 0.4) is 0 Å². The Morgan fingerprint density at radius 1 is 1.11 bits per heavy atom. The van der Waals surface area contributed by atoms with Gasteiger partial charge >= 0.3 is 5.97 Å². The number of carboxylic acid groups (broad SMARTS) is 1. The van der Waals surface area contributed by atoms with Crippen molar-refractivity contribution < 1.29 is 19.4 Å². The number of ether oxygens (including phenoxy) is 2. The quantitative estimate of drug-likeness (QED) is 0.875. The molecule has 5 nitrogen and oxygen atoms in total. The van der Waals surface area contributed by atoms with Crippen LogP contribution in [0.5, 0.6) is 17.4 Å². The number of hydrogen-bond donors (Lipinski definition) is 1. The van der Waals surface area contributed by atoms with E-state index in [-0.39, 0.29) is 0 Å². The Morgan fingerprint density at radius 3 is 2.50 bits per heavy atom. The zero-order chi connectivity index (χ0) is 12.8. The van der Waals surface area contributed by atoms with Crippen molar-refractivity contribution in [1.29, 1.82) is 0 Å². The van der Waals surface area contributed by atoms with Gasteiger partial charge in [0.2, 0.25) is 5.88 Å². The fraction of sp³-hybridized carbons (Fsp3) is 0.0769. The number of para-hydroxylation sites is 2. The number of rotatable bonds is 5. The lowest BCUT2D eigenvalue weighted by molar-refractivity contribution is -0.139. The molecular weight excluding hydrogens is 234 g/mol. The Morgan fingerprint density at radius 2 is 1.83 bits per heavy atom. The topological polar surface area (TPSA) is 68.7 Å². The van der Waals surface area contributed by atoms with Gasteiger partial charge in [-0.25, -0.2) is 9.78 Å². The third-order valence-electron chi connectivity index (χ3n) is 2.05. The second-order valence-electron chi connectivity index (χ2n) is 3.40. The molecule has 0 aliphatic heterocycles. The van der Waals surface area contributed by atoms with Crippen LogP contribution in [0.15, 0.2) is 48.7 Å². The van der Waals surface area contributed by atoms with Crippen molar-refractivity contribution in [2.75, 3.05) is 6.61 Å². The summed E-state index contributed by atoms with van der Waals surface area (Å²) >= 11 is 0. The molecule has 2 aromatic rings. The molecule has 1 aromatic carbocycles. The maximum Gasteiger partial charge on any atom is 0.341 e. The third-order valence-corrected chi connectivity index (χ3v) is 2.05. The molecule has 92 valence electrons.